The summed E-state index contributed by atoms with van der Waals surface area (Å²) in [5.74, 6) is 1.40. The summed E-state index contributed by atoms with van der Waals surface area (Å²) in [5, 5.41) is 4.40. The molecule has 3 aromatic rings. The molecule has 1 aliphatic heterocycles. The van der Waals surface area contributed by atoms with Crippen LogP contribution in [0.5, 0.6) is 0 Å². The summed E-state index contributed by atoms with van der Waals surface area (Å²) < 4.78 is 2.33. The van der Waals surface area contributed by atoms with Gasteiger partial charge >= 0.3 is 0 Å². The lowest BCUT2D eigenvalue weighted by atomic mass is 10.1. The maximum Gasteiger partial charge on any atom is 0.230 e. The highest BCUT2D eigenvalue weighted by Gasteiger charge is 2.26. The average molecular weight is 432 g/mol. The predicted molar refractivity (Wildman–Crippen MR) is 129 cm³/mol. The third kappa shape index (κ3) is 3.94. The zero-order valence-electron chi connectivity index (χ0n) is 18.8. The lowest BCUT2D eigenvalue weighted by molar-refractivity contribution is 0.187. The van der Waals surface area contributed by atoms with Crippen molar-refractivity contribution in [2.75, 3.05) is 36.4 Å². The Bertz CT molecular complexity index is 1040. The molecule has 7 heteroatoms. The first-order valence-electron chi connectivity index (χ1n) is 12.4. The van der Waals surface area contributed by atoms with Gasteiger partial charge in [-0.05, 0) is 43.9 Å². The van der Waals surface area contributed by atoms with E-state index in [0.717, 1.165) is 36.0 Å². The van der Waals surface area contributed by atoms with Crippen molar-refractivity contribution in [3.8, 4) is 0 Å². The number of anilines is 3. The number of hydrogen-bond donors (Lipinski definition) is 1. The molecule has 3 aromatic heterocycles. The van der Waals surface area contributed by atoms with E-state index in [2.05, 4.69) is 48.0 Å². The molecule has 3 aliphatic rings. The van der Waals surface area contributed by atoms with E-state index in [1.807, 2.05) is 18.5 Å². The summed E-state index contributed by atoms with van der Waals surface area (Å²) >= 11 is 0. The van der Waals surface area contributed by atoms with Crippen LogP contribution in [0.15, 0.2) is 36.8 Å². The van der Waals surface area contributed by atoms with Crippen molar-refractivity contribution in [3.63, 3.8) is 0 Å². The van der Waals surface area contributed by atoms with Gasteiger partial charge in [0.25, 0.3) is 0 Å². The molecule has 0 spiro atoms. The maximum absolute atomic E-state index is 4.82. The largest absolute Gasteiger partial charge is 0.368 e. The summed E-state index contributed by atoms with van der Waals surface area (Å²) in [7, 11) is 0. The third-order valence-electron chi connectivity index (χ3n) is 7.68. The summed E-state index contributed by atoms with van der Waals surface area (Å²) in [6, 6.07) is 7.73. The van der Waals surface area contributed by atoms with Crippen molar-refractivity contribution in [2.45, 2.75) is 63.5 Å². The van der Waals surface area contributed by atoms with E-state index in [1.165, 1.54) is 70.1 Å². The van der Waals surface area contributed by atoms with Crippen molar-refractivity contribution in [1.29, 1.82) is 0 Å². The van der Waals surface area contributed by atoms with Crippen LogP contribution in [0.25, 0.3) is 11.0 Å². The number of hydrogen-bond acceptors (Lipinski definition) is 6. The molecule has 32 heavy (non-hydrogen) atoms. The normalized spacial score (nSPS) is 21.1. The van der Waals surface area contributed by atoms with Crippen LogP contribution < -0.4 is 10.2 Å². The highest BCUT2D eigenvalue weighted by atomic mass is 15.3. The lowest BCUT2D eigenvalue weighted by Crippen LogP contribution is -2.49. The number of rotatable bonds is 5. The van der Waals surface area contributed by atoms with Gasteiger partial charge in [0.15, 0.2) is 0 Å². The van der Waals surface area contributed by atoms with Gasteiger partial charge in [0, 0.05) is 56.0 Å². The molecule has 7 nitrogen and oxygen atoms in total. The molecule has 2 aliphatic carbocycles. The number of fused-ring (bicyclic) bond motifs is 1. The minimum absolute atomic E-state index is 0.571. The zero-order chi connectivity index (χ0) is 21.3. The van der Waals surface area contributed by atoms with E-state index in [4.69, 9.17) is 4.98 Å². The van der Waals surface area contributed by atoms with E-state index < -0.39 is 0 Å². The monoisotopic (exact) mass is 431 g/mol. The highest BCUT2D eigenvalue weighted by Crippen LogP contribution is 2.32. The Morgan fingerprint density at radius 3 is 2.25 bits per heavy atom. The number of aromatic nitrogens is 4. The first kappa shape index (κ1) is 20.0. The third-order valence-corrected chi connectivity index (χ3v) is 7.68. The van der Waals surface area contributed by atoms with Crippen molar-refractivity contribution in [1.82, 2.24) is 24.4 Å². The van der Waals surface area contributed by atoms with Gasteiger partial charge in [0.2, 0.25) is 5.95 Å². The topological polar surface area (TPSA) is 62.1 Å². The van der Waals surface area contributed by atoms with Gasteiger partial charge in [-0.2, -0.15) is 4.98 Å². The average Bonchev–Trinajstić information content (AvgIpc) is 3.61. The van der Waals surface area contributed by atoms with Gasteiger partial charge in [0.05, 0.1) is 11.9 Å². The fourth-order valence-electron chi connectivity index (χ4n) is 5.85. The van der Waals surface area contributed by atoms with Crippen LogP contribution in [0.2, 0.25) is 0 Å². The number of piperazine rings is 1. The Morgan fingerprint density at radius 2 is 1.53 bits per heavy atom. The van der Waals surface area contributed by atoms with Gasteiger partial charge in [0.1, 0.15) is 11.5 Å². The molecule has 0 unspecified atom stereocenters. The van der Waals surface area contributed by atoms with Gasteiger partial charge < -0.3 is 14.8 Å². The number of pyridine rings is 1. The summed E-state index contributed by atoms with van der Waals surface area (Å²) in [5.41, 5.74) is 2.22. The zero-order valence-corrected chi connectivity index (χ0v) is 18.8. The van der Waals surface area contributed by atoms with Crippen molar-refractivity contribution in [2.24, 2.45) is 0 Å². The quantitative estimate of drug-likeness (QED) is 0.629. The van der Waals surface area contributed by atoms with Crippen LogP contribution in [-0.4, -0.2) is 56.6 Å². The lowest BCUT2D eigenvalue weighted by Gasteiger charge is -2.39. The molecule has 3 fully saturated rings. The van der Waals surface area contributed by atoms with Gasteiger partial charge in [-0.1, -0.05) is 25.7 Å². The van der Waals surface area contributed by atoms with E-state index in [9.17, 15) is 0 Å². The molecule has 168 valence electrons. The molecular formula is C25H33N7. The minimum atomic E-state index is 0.571. The predicted octanol–water partition coefficient (Wildman–Crippen LogP) is 4.75. The van der Waals surface area contributed by atoms with E-state index in [1.54, 1.807) is 0 Å². The second-order valence-corrected chi connectivity index (χ2v) is 9.62. The van der Waals surface area contributed by atoms with E-state index in [0.29, 0.717) is 12.0 Å². The Balaban J connectivity index is 1.11. The molecule has 1 N–H and O–H groups in total. The Morgan fingerprint density at radius 1 is 0.781 bits per heavy atom. The highest BCUT2D eigenvalue weighted by molar-refractivity contribution is 5.77. The van der Waals surface area contributed by atoms with Crippen molar-refractivity contribution < 1.29 is 0 Å². The molecular weight excluding hydrogens is 398 g/mol. The van der Waals surface area contributed by atoms with Gasteiger partial charge in [-0.15, -0.1) is 0 Å². The molecule has 0 aromatic carbocycles. The molecule has 0 bridgehead atoms. The van der Waals surface area contributed by atoms with Crippen molar-refractivity contribution in [3.05, 3.63) is 36.8 Å². The van der Waals surface area contributed by atoms with Gasteiger partial charge in [-0.3, -0.25) is 4.90 Å². The molecule has 1 saturated heterocycles. The first-order chi connectivity index (χ1) is 15.8. The maximum atomic E-state index is 4.82. The fraction of sp³-hybridized carbons (Fsp3) is 0.560. The summed E-state index contributed by atoms with van der Waals surface area (Å²) in [6.07, 6.45) is 16.8. The molecule has 0 amide bonds. The summed E-state index contributed by atoms with van der Waals surface area (Å²) in [4.78, 5) is 19.1. The van der Waals surface area contributed by atoms with E-state index >= 15 is 0 Å². The second kappa shape index (κ2) is 8.70. The van der Waals surface area contributed by atoms with Crippen LogP contribution in [0.4, 0.5) is 17.5 Å². The van der Waals surface area contributed by atoms with Crippen LogP contribution in [0, 0.1) is 0 Å². The Labute approximate surface area is 189 Å². The number of nitrogens with zero attached hydrogens (tertiary/aromatic N) is 6. The minimum Gasteiger partial charge on any atom is -0.368 e. The molecule has 0 atom stereocenters. The summed E-state index contributed by atoms with van der Waals surface area (Å²) in [6.45, 7) is 4.50. The molecule has 2 saturated carbocycles. The smallest absolute Gasteiger partial charge is 0.230 e. The van der Waals surface area contributed by atoms with Crippen LogP contribution in [0.3, 0.4) is 0 Å². The molecule has 4 heterocycles. The SMILES string of the molecule is c1cc(Nc2ncc3ccn(C4CCCC4)c3n2)ncc1N1CCN(C2CCCC2)CC1. The Kier molecular flexibility index (Phi) is 5.43. The van der Waals surface area contributed by atoms with Gasteiger partial charge in [-0.25, -0.2) is 9.97 Å². The van der Waals surface area contributed by atoms with Crippen LogP contribution >= 0.6 is 0 Å². The number of nitrogens with one attached hydrogen (secondary N) is 1. The standard InChI is InChI=1S/C25H33N7/c1-2-6-20(5-1)30-13-15-31(16-14-30)22-9-10-23(26-18-22)28-25-27-17-19-11-12-32(24(19)29-25)21-7-3-4-8-21/h9-12,17-18,20-21H,1-8,13-16H2,(H,26,27,28,29). The van der Waals surface area contributed by atoms with Crippen LogP contribution in [-0.2, 0) is 0 Å². The Hall–Kier alpha value is -2.67. The van der Waals surface area contributed by atoms with E-state index in [-0.39, 0.29) is 0 Å². The second-order valence-electron chi connectivity index (χ2n) is 9.62. The van der Waals surface area contributed by atoms with Crippen molar-refractivity contribution >= 4 is 28.5 Å². The molecule has 0 radical (unpaired) electrons. The first-order valence-corrected chi connectivity index (χ1v) is 12.4. The van der Waals surface area contributed by atoms with Crippen LogP contribution in [0.1, 0.15) is 57.4 Å². The fourth-order valence-corrected chi connectivity index (χ4v) is 5.85. The molecule has 6 rings (SSSR count).